The lowest BCUT2D eigenvalue weighted by atomic mass is 10.0. The number of carbonyl (C=O) groups is 1. The van der Waals surface area contributed by atoms with E-state index in [2.05, 4.69) is 19.2 Å². The molecule has 128 valence electrons. The molecule has 0 aliphatic rings. The van der Waals surface area contributed by atoms with E-state index in [9.17, 15) is 4.79 Å². The zero-order valence-corrected chi connectivity index (χ0v) is 14.5. The maximum Gasteiger partial charge on any atom is 0.224 e. The number of para-hydroxylation sites is 1. The minimum absolute atomic E-state index is 0.0152. The summed E-state index contributed by atoms with van der Waals surface area (Å²) in [5.74, 6) is 1.97. The predicted molar refractivity (Wildman–Crippen MR) is 96.9 cm³/mol. The highest BCUT2D eigenvalue weighted by Crippen LogP contribution is 2.23. The molecule has 2 aromatic carbocycles. The highest BCUT2D eigenvalue weighted by molar-refractivity contribution is 5.91. The van der Waals surface area contributed by atoms with Gasteiger partial charge in [0.1, 0.15) is 11.5 Å². The fourth-order valence-electron chi connectivity index (χ4n) is 2.42. The number of hydrogen-bond donors (Lipinski definition) is 1. The number of benzene rings is 2. The van der Waals surface area contributed by atoms with E-state index in [1.807, 2.05) is 48.5 Å². The average Bonchev–Trinajstić information content (AvgIpc) is 2.59. The topological polar surface area (TPSA) is 47.6 Å². The number of rotatable bonds is 8. The third kappa shape index (κ3) is 5.30. The molecular formula is C20H25NO3. The monoisotopic (exact) mass is 327 g/mol. The van der Waals surface area contributed by atoms with Gasteiger partial charge < -0.3 is 14.8 Å². The smallest absolute Gasteiger partial charge is 0.224 e. The van der Waals surface area contributed by atoms with E-state index in [0.717, 1.165) is 22.7 Å². The van der Waals surface area contributed by atoms with Crippen molar-refractivity contribution >= 4 is 11.6 Å². The Bertz CT molecular complexity index is 650. The van der Waals surface area contributed by atoms with Crippen LogP contribution in [-0.4, -0.2) is 19.6 Å². The summed E-state index contributed by atoms with van der Waals surface area (Å²) in [7, 11) is 1.63. The van der Waals surface area contributed by atoms with Crippen LogP contribution in [-0.2, 0) is 4.79 Å². The Balaban J connectivity index is 1.75. The van der Waals surface area contributed by atoms with E-state index in [1.54, 1.807) is 7.11 Å². The highest BCUT2D eigenvalue weighted by Gasteiger charge is 2.09. The van der Waals surface area contributed by atoms with E-state index in [4.69, 9.17) is 9.47 Å². The highest BCUT2D eigenvalue weighted by atomic mass is 16.5. The van der Waals surface area contributed by atoms with Crippen LogP contribution < -0.4 is 14.8 Å². The number of anilines is 1. The third-order valence-electron chi connectivity index (χ3n) is 3.73. The number of hydrogen-bond acceptors (Lipinski definition) is 3. The van der Waals surface area contributed by atoms with Crippen LogP contribution in [0.4, 0.5) is 5.69 Å². The van der Waals surface area contributed by atoms with Gasteiger partial charge in [-0.05, 0) is 48.2 Å². The second-order valence-electron chi connectivity index (χ2n) is 5.92. The van der Waals surface area contributed by atoms with Gasteiger partial charge in [0.15, 0.2) is 0 Å². The molecule has 2 rings (SSSR count). The number of carbonyl (C=O) groups excluding carboxylic acids is 1. The van der Waals surface area contributed by atoms with E-state index in [1.165, 1.54) is 0 Å². The zero-order valence-electron chi connectivity index (χ0n) is 14.5. The van der Waals surface area contributed by atoms with Gasteiger partial charge in [0.25, 0.3) is 0 Å². The molecule has 4 nitrogen and oxygen atoms in total. The molecule has 0 radical (unpaired) electrons. The molecule has 1 amide bonds. The van der Waals surface area contributed by atoms with Gasteiger partial charge in [0.2, 0.25) is 5.91 Å². The molecule has 0 fully saturated rings. The Morgan fingerprint density at radius 2 is 1.71 bits per heavy atom. The van der Waals surface area contributed by atoms with Gasteiger partial charge in [-0.3, -0.25) is 4.79 Å². The van der Waals surface area contributed by atoms with E-state index in [-0.39, 0.29) is 5.91 Å². The summed E-state index contributed by atoms with van der Waals surface area (Å²) >= 11 is 0. The summed E-state index contributed by atoms with van der Waals surface area (Å²) < 4.78 is 10.7. The molecule has 0 aliphatic heterocycles. The maximum atomic E-state index is 12.1. The van der Waals surface area contributed by atoms with Crippen molar-refractivity contribution in [1.29, 1.82) is 0 Å². The first-order valence-electron chi connectivity index (χ1n) is 8.25. The molecular weight excluding hydrogens is 302 g/mol. The molecule has 0 aliphatic carbocycles. The van der Waals surface area contributed by atoms with Crippen molar-refractivity contribution < 1.29 is 14.3 Å². The molecule has 4 heteroatoms. The fourth-order valence-corrected chi connectivity index (χ4v) is 2.42. The van der Waals surface area contributed by atoms with Crippen molar-refractivity contribution in [3.8, 4) is 11.5 Å². The van der Waals surface area contributed by atoms with Gasteiger partial charge in [-0.25, -0.2) is 0 Å². The molecule has 0 bridgehead atoms. The quantitative estimate of drug-likeness (QED) is 0.720. The lowest BCUT2D eigenvalue weighted by Crippen LogP contribution is -2.14. The number of nitrogens with one attached hydrogen (secondary N) is 1. The van der Waals surface area contributed by atoms with Crippen LogP contribution >= 0.6 is 0 Å². The van der Waals surface area contributed by atoms with Crippen LogP contribution in [0.25, 0.3) is 0 Å². The maximum absolute atomic E-state index is 12.1. The van der Waals surface area contributed by atoms with Crippen molar-refractivity contribution in [3.05, 3.63) is 54.1 Å². The largest absolute Gasteiger partial charge is 0.497 e. The molecule has 0 saturated heterocycles. The van der Waals surface area contributed by atoms with Gasteiger partial charge in [0, 0.05) is 12.1 Å². The Hall–Kier alpha value is -2.49. The molecule has 0 heterocycles. The van der Waals surface area contributed by atoms with Crippen LogP contribution in [0, 0.1) is 0 Å². The Labute approximate surface area is 143 Å². The summed E-state index contributed by atoms with van der Waals surface area (Å²) in [5.41, 5.74) is 2.05. The summed E-state index contributed by atoms with van der Waals surface area (Å²) in [6.07, 6.45) is 1.10. The molecule has 0 unspecified atom stereocenters. The van der Waals surface area contributed by atoms with Gasteiger partial charge in [-0.1, -0.05) is 32.0 Å². The van der Waals surface area contributed by atoms with Crippen LogP contribution in [0.1, 0.15) is 38.2 Å². The number of amides is 1. The standard InChI is InChI=1S/C20H25NO3/c1-15(2)18-7-4-5-8-19(18)21-20(22)9-6-14-24-17-12-10-16(23-3)11-13-17/h4-5,7-8,10-13,15H,6,9,14H2,1-3H3,(H,21,22). The van der Waals surface area contributed by atoms with Crippen molar-refractivity contribution in [2.75, 3.05) is 19.0 Å². The van der Waals surface area contributed by atoms with E-state index in [0.29, 0.717) is 25.4 Å². The summed E-state index contributed by atoms with van der Waals surface area (Å²) in [4.78, 5) is 12.1. The van der Waals surface area contributed by atoms with Gasteiger partial charge in [-0.15, -0.1) is 0 Å². The fraction of sp³-hybridized carbons (Fsp3) is 0.350. The molecule has 0 atom stereocenters. The third-order valence-corrected chi connectivity index (χ3v) is 3.73. The summed E-state index contributed by atoms with van der Waals surface area (Å²) in [6.45, 7) is 4.74. The first-order chi connectivity index (χ1) is 11.6. The summed E-state index contributed by atoms with van der Waals surface area (Å²) in [5, 5.41) is 2.99. The zero-order chi connectivity index (χ0) is 17.4. The molecule has 0 saturated carbocycles. The van der Waals surface area contributed by atoms with Gasteiger partial charge >= 0.3 is 0 Å². The van der Waals surface area contributed by atoms with Gasteiger partial charge in [-0.2, -0.15) is 0 Å². The van der Waals surface area contributed by atoms with Gasteiger partial charge in [0.05, 0.1) is 13.7 Å². The van der Waals surface area contributed by atoms with Crippen LogP contribution in [0.5, 0.6) is 11.5 Å². The van der Waals surface area contributed by atoms with Crippen LogP contribution in [0.3, 0.4) is 0 Å². The molecule has 24 heavy (non-hydrogen) atoms. The predicted octanol–water partition coefficient (Wildman–Crippen LogP) is 4.62. The Morgan fingerprint density at radius 1 is 1.04 bits per heavy atom. The molecule has 1 N–H and O–H groups in total. The molecule has 0 aromatic heterocycles. The molecule has 2 aromatic rings. The SMILES string of the molecule is COc1ccc(OCCCC(=O)Nc2ccccc2C(C)C)cc1. The Kier molecular flexibility index (Phi) is 6.67. The minimum Gasteiger partial charge on any atom is -0.497 e. The second-order valence-corrected chi connectivity index (χ2v) is 5.92. The number of ether oxygens (including phenoxy) is 2. The molecule has 0 spiro atoms. The van der Waals surface area contributed by atoms with Crippen molar-refractivity contribution in [1.82, 2.24) is 0 Å². The average molecular weight is 327 g/mol. The van der Waals surface area contributed by atoms with Crippen molar-refractivity contribution in [3.63, 3.8) is 0 Å². The summed E-state index contributed by atoms with van der Waals surface area (Å²) in [6, 6.07) is 15.3. The second kappa shape index (κ2) is 8.96. The van der Waals surface area contributed by atoms with Crippen LogP contribution in [0.15, 0.2) is 48.5 Å². The normalized spacial score (nSPS) is 10.5. The first kappa shape index (κ1) is 17.9. The van der Waals surface area contributed by atoms with Crippen molar-refractivity contribution in [2.24, 2.45) is 0 Å². The minimum atomic E-state index is 0.0152. The number of methoxy groups -OCH3 is 1. The van der Waals surface area contributed by atoms with Crippen LogP contribution in [0.2, 0.25) is 0 Å². The Morgan fingerprint density at radius 3 is 2.38 bits per heavy atom. The first-order valence-corrected chi connectivity index (χ1v) is 8.25. The van der Waals surface area contributed by atoms with E-state index >= 15 is 0 Å². The van der Waals surface area contributed by atoms with Crippen molar-refractivity contribution in [2.45, 2.75) is 32.6 Å². The van der Waals surface area contributed by atoms with E-state index < -0.39 is 0 Å². The lowest BCUT2D eigenvalue weighted by Gasteiger charge is -2.13. The lowest BCUT2D eigenvalue weighted by molar-refractivity contribution is -0.116.